The highest BCUT2D eigenvalue weighted by molar-refractivity contribution is 7.13. The summed E-state index contributed by atoms with van der Waals surface area (Å²) < 4.78 is 10.6. The van der Waals surface area contributed by atoms with E-state index in [0.29, 0.717) is 5.88 Å². The second-order valence-corrected chi connectivity index (χ2v) is 5.85. The molecule has 0 saturated carbocycles. The maximum absolute atomic E-state index is 9.49. The van der Waals surface area contributed by atoms with Gasteiger partial charge >= 0.3 is 0 Å². The number of nitriles is 1. The van der Waals surface area contributed by atoms with Crippen molar-refractivity contribution < 1.29 is 9.15 Å². The van der Waals surface area contributed by atoms with Gasteiger partial charge < -0.3 is 9.15 Å². The number of furan rings is 1. The minimum Gasteiger partial charge on any atom is -0.472 e. The summed E-state index contributed by atoms with van der Waals surface area (Å²) in [6.45, 7) is 0. The number of H-pyrrole nitrogens is 1. The molecule has 0 aliphatic carbocycles. The normalized spacial score (nSPS) is 20.2. The minimum absolute atomic E-state index is 0.0922. The Hall–Kier alpha value is -2.85. The van der Waals surface area contributed by atoms with E-state index in [1.807, 2.05) is 23.6 Å². The number of fused-ring (bicyclic) bond motifs is 1. The van der Waals surface area contributed by atoms with Gasteiger partial charge in [-0.3, -0.25) is 10.5 Å². The van der Waals surface area contributed by atoms with Crippen LogP contribution in [0.1, 0.15) is 17.0 Å². The van der Waals surface area contributed by atoms with Crippen LogP contribution in [0.3, 0.4) is 0 Å². The number of thiophene rings is 1. The van der Waals surface area contributed by atoms with Crippen LogP contribution in [0.25, 0.3) is 10.6 Å². The molecule has 0 fully saturated rings. The largest absolute Gasteiger partial charge is 0.472 e. The van der Waals surface area contributed by atoms with Crippen molar-refractivity contribution in [2.45, 2.75) is 5.92 Å². The van der Waals surface area contributed by atoms with Gasteiger partial charge in [-0.05, 0) is 23.1 Å². The molecule has 0 spiro atoms. The van der Waals surface area contributed by atoms with Crippen LogP contribution in [0.15, 0.2) is 40.5 Å². The zero-order chi connectivity index (χ0) is 15.1. The molecule has 0 aromatic carbocycles. The highest BCUT2D eigenvalue weighted by atomic mass is 32.1. The molecule has 1 aliphatic rings. The predicted molar refractivity (Wildman–Crippen MR) is 79.9 cm³/mol. The molecule has 2 atom stereocenters. The molecule has 2 N–H and O–H groups in total. The average molecular weight is 310 g/mol. The van der Waals surface area contributed by atoms with E-state index in [1.54, 1.807) is 23.9 Å². The van der Waals surface area contributed by atoms with E-state index in [1.165, 1.54) is 0 Å². The Kier molecular flexibility index (Phi) is 2.84. The summed E-state index contributed by atoms with van der Waals surface area (Å²) in [5.74, 6) is -0.784. The van der Waals surface area contributed by atoms with E-state index < -0.39 is 5.92 Å². The van der Waals surface area contributed by atoms with Gasteiger partial charge in [0.25, 0.3) is 0 Å². The standard InChI is InChI=1S/C15H10N4O2S/c16-6-9-11(8-3-4-20-7-8)12-13(10-2-1-5-22-10)18-19-15(12)21-14(9)17/h1-5,7,9,11,17H,(H,18,19). The summed E-state index contributed by atoms with van der Waals surface area (Å²) >= 11 is 1.58. The number of hydrogen-bond acceptors (Lipinski definition) is 6. The number of rotatable bonds is 2. The lowest BCUT2D eigenvalue weighted by atomic mass is 9.80. The Bertz CT molecular complexity index is 858. The first-order valence-electron chi connectivity index (χ1n) is 6.59. The fraction of sp³-hybridized carbons (Fsp3) is 0.133. The van der Waals surface area contributed by atoms with E-state index in [-0.39, 0.29) is 11.8 Å². The molecule has 3 aromatic heterocycles. The lowest BCUT2D eigenvalue weighted by Gasteiger charge is -2.26. The SMILES string of the molecule is N#CC1C(=N)Oc2n[nH]c(-c3cccs3)c2C1c1ccoc1. The third kappa shape index (κ3) is 1.78. The lowest BCUT2D eigenvalue weighted by molar-refractivity contribution is 0.435. The predicted octanol–water partition coefficient (Wildman–Crippen LogP) is 3.37. The molecular weight excluding hydrogens is 300 g/mol. The van der Waals surface area contributed by atoms with Crippen LogP contribution in [-0.2, 0) is 0 Å². The van der Waals surface area contributed by atoms with Crippen LogP contribution in [-0.4, -0.2) is 16.1 Å². The molecule has 7 heteroatoms. The van der Waals surface area contributed by atoms with E-state index in [9.17, 15) is 5.26 Å². The zero-order valence-electron chi connectivity index (χ0n) is 11.2. The van der Waals surface area contributed by atoms with Gasteiger partial charge in [0.1, 0.15) is 5.92 Å². The van der Waals surface area contributed by atoms with Crippen LogP contribution in [0.5, 0.6) is 5.88 Å². The van der Waals surface area contributed by atoms with E-state index in [0.717, 1.165) is 21.7 Å². The zero-order valence-corrected chi connectivity index (χ0v) is 12.1. The summed E-state index contributed by atoms with van der Waals surface area (Å²) in [5.41, 5.74) is 2.45. The third-order valence-corrected chi connectivity index (χ3v) is 4.60. The second kappa shape index (κ2) is 4.86. The van der Waals surface area contributed by atoms with Gasteiger partial charge in [-0.25, -0.2) is 0 Å². The Morgan fingerprint density at radius 1 is 1.41 bits per heavy atom. The second-order valence-electron chi connectivity index (χ2n) is 4.90. The molecule has 4 heterocycles. The van der Waals surface area contributed by atoms with Crippen LogP contribution in [0.2, 0.25) is 0 Å². The van der Waals surface area contributed by atoms with Crippen molar-refractivity contribution >= 4 is 17.2 Å². The van der Waals surface area contributed by atoms with Crippen molar-refractivity contribution in [3.05, 3.63) is 47.2 Å². The maximum Gasteiger partial charge on any atom is 0.244 e. The fourth-order valence-corrected chi connectivity index (χ4v) is 3.47. The van der Waals surface area contributed by atoms with Crippen LogP contribution in [0, 0.1) is 22.7 Å². The lowest BCUT2D eigenvalue weighted by Crippen LogP contribution is -2.30. The van der Waals surface area contributed by atoms with Crippen molar-refractivity contribution in [3.63, 3.8) is 0 Å². The quantitative estimate of drug-likeness (QED) is 0.758. The smallest absolute Gasteiger partial charge is 0.244 e. The van der Waals surface area contributed by atoms with Gasteiger partial charge in [0.2, 0.25) is 11.8 Å². The number of aromatic amines is 1. The molecule has 1 aliphatic heterocycles. The minimum atomic E-state index is -0.707. The number of hydrogen-bond donors (Lipinski definition) is 2. The van der Waals surface area contributed by atoms with E-state index in [4.69, 9.17) is 14.6 Å². The summed E-state index contributed by atoms with van der Waals surface area (Å²) in [5, 5.41) is 26.6. The molecule has 0 saturated heterocycles. The van der Waals surface area contributed by atoms with E-state index >= 15 is 0 Å². The summed E-state index contributed by atoms with van der Waals surface area (Å²) in [7, 11) is 0. The maximum atomic E-state index is 9.49. The van der Waals surface area contributed by atoms with Gasteiger partial charge in [0, 0.05) is 5.92 Å². The molecule has 6 nitrogen and oxygen atoms in total. The molecule has 0 radical (unpaired) electrons. The first-order valence-corrected chi connectivity index (χ1v) is 7.47. The van der Waals surface area contributed by atoms with Crippen LogP contribution >= 0.6 is 11.3 Å². The highest BCUT2D eigenvalue weighted by Crippen LogP contribution is 2.46. The van der Waals surface area contributed by atoms with Crippen molar-refractivity contribution in [2.75, 3.05) is 0 Å². The van der Waals surface area contributed by atoms with Gasteiger partial charge in [0.05, 0.1) is 34.7 Å². The molecule has 3 aromatic rings. The molecule has 22 heavy (non-hydrogen) atoms. The topological polar surface area (TPSA) is 98.7 Å². The average Bonchev–Trinajstić information content (AvgIpc) is 3.26. The summed E-state index contributed by atoms with van der Waals surface area (Å²) in [4.78, 5) is 1.01. The number of nitrogens with zero attached hydrogens (tertiary/aromatic N) is 2. The first-order chi connectivity index (χ1) is 10.8. The fourth-order valence-electron chi connectivity index (χ4n) is 2.74. The monoisotopic (exact) mass is 310 g/mol. The Morgan fingerprint density at radius 2 is 2.32 bits per heavy atom. The van der Waals surface area contributed by atoms with E-state index in [2.05, 4.69) is 16.3 Å². The molecule has 4 rings (SSSR count). The highest BCUT2D eigenvalue weighted by Gasteiger charge is 2.41. The summed E-state index contributed by atoms with van der Waals surface area (Å²) in [6.07, 6.45) is 3.16. The van der Waals surface area contributed by atoms with Crippen LogP contribution < -0.4 is 4.74 Å². The number of ether oxygens (including phenoxy) is 1. The van der Waals surface area contributed by atoms with Gasteiger partial charge in [0.15, 0.2) is 0 Å². The Morgan fingerprint density at radius 3 is 3.00 bits per heavy atom. The molecule has 108 valence electrons. The third-order valence-electron chi connectivity index (χ3n) is 3.71. The number of nitrogens with one attached hydrogen (secondary N) is 2. The van der Waals surface area contributed by atoms with Gasteiger partial charge in [-0.2, -0.15) is 5.26 Å². The van der Waals surface area contributed by atoms with Gasteiger partial charge in [-0.15, -0.1) is 16.4 Å². The van der Waals surface area contributed by atoms with Crippen molar-refractivity contribution in [1.82, 2.24) is 10.2 Å². The number of aromatic nitrogens is 2. The molecule has 0 amide bonds. The summed E-state index contributed by atoms with van der Waals surface area (Å²) in [6, 6.07) is 7.90. The molecule has 2 unspecified atom stereocenters. The molecular formula is C15H10N4O2S. The first kappa shape index (κ1) is 12.9. The Balaban J connectivity index is 1.95. The van der Waals surface area contributed by atoms with Crippen LogP contribution in [0.4, 0.5) is 0 Å². The van der Waals surface area contributed by atoms with Crippen molar-refractivity contribution in [2.24, 2.45) is 5.92 Å². The van der Waals surface area contributed by atoms with Gasteiger partial charge in [-0.1, -0.05) is 6.07 Å². The molecule has 0 bridgehead atoms. The van der Waals surface area contributed by atoms with Crippen molar-refractivity contribution in [3.8, 4) is 22.5 Å². The van der Waals surface area contributed by atoms with Crippen molar-refractivity contribution in [1.29, 1.82) is 10.7 Å². The Labute approximate surface area is 129 Å².